The van der Waals surface area contributed by atoms with Gasteiger partial charge >= 0.3 is 0 Å². The van der Waals surface area contributed by atoms with E-state index in [4.69, 9.17) is 4.42 Å². The third-order valence-electron chi connectivity index (χ3n) is 6.44. The van der Waals surface area contributed by atoms with E-state index in [9.17, 15) is 9.59 Å². The number of allylic oxidation sites excluding steroid dienone is 1. The molecular weight excluding hydrogens is 409 g/mol. The second-order valence-corrected chi connectivity index (χ2v) is 8.47. The van der Waals surface area contributed by atoms with Gasteiger partial charge in [0.1, 0.15) is 13.6 Å². The monoisotopic (exact) mass is 429 g/mol. The van der Waals surface area contributed by atoms with Crippen LogP contribution in [0.5, 0.6) is 0 Å². The average Bonchev–Trinajstić information content (AvgIpc) is 3.44. The molecule has 0 spiro atoms. The highest BCUT2D eigenvalue weighted by molar-refractivity contribution is 6.43. The number of rotatable bonds is 3. The zero-order valence-corrected chi connectivity index (χ0v) is 18.4. The Balaban J connectivity index is 1.46. The molecule has 4 nitrogen and oxygen atoms in total. The number of Topliss-reactive ketones (excluding diaryl/α,β-unsaturated/α-hetero) is 2. The summed E-state index contributed by atoms with van der Waals surface area (Å²) in [7, 11) is 1.92. The highest BCUT2D eigenvalue weighted by Gasteiger charge is 2.33. The maximum atomic E-state index is 13.0. The molecule has 0 amide bonds. The highest BCUT2D eigenvalue weighted by Crippen LogP contribution is 2.35. The number of benzene rings is 3. The molecule has 6 rings (SSSR count). The van der Waals surface area contributed by atoms with Crippen molar-refractivity contribution in [1.82, 2.24) is 4.57 Å². The van der Waals surface area contributed by atoms with Gasteiger partial charge < -0.3 is 8.98 Å². The Labute approximate surface area is 191 Å². The van der Waals surface area contributed by atoms with Gasteiger partial charge in [-0.3, -0.25) is 9.59 Å². The lowest BCUT2D eigenvalue weighted by Crippen LogP contribution is -2.05. The Bertz CT molecular complexity index is 1650. The van der Waals surface area contributed by atoms with Crippen LogP contribution in [0, 0.1) is 0 Å². The molecule has 5 heteroatoms. The molecule has 2 heterocycles. The third kappa shape index (κ3) is 2.93. The van der Waals surface area contributed by atoms with Crippen molar-refractivity contribution in [3.63, 3.8) is 0 Å². The molecule has 1 aliphatic carbocycles. The SMILES string of the molecule is Bc1ccc2c(c1)C(=O)/C(=C\c1cc3oc(-c4cccc5ccccc45)cc3n1CC)C2=O. The van der Waals surface area contributed by atoms with E-state index in [1.807, 2.05) is 51.2 Å². The lowest BCUT2D eigenvalue weighted by molar-refractivity contribution is 0.0990. The summed E-state index contributed by atoms with van der Waals surface area (Å²) in [6, 6.07) is 23.8. The molecule has 33 heavy (non-hydrogen) atoms. The lowest BCUT2D eigenvalue weighted by atomic mass is 9.92. The molecule has 0 saturated heterocycles. The molecular formula is C28H20BNO3. The average molecular weight is 429 g/mol. The molecule has 0 saturated carbocycles. The van der Waals surface area contributed by atoms with Crippen LogP contribution in [0.1, 0.15) is 33.3 Å². The van der Waals surface area contributed by atoms with Crippen molar-refractivity contribution in [2.24, 2.45) is 0 Å². The van der Waals surface area contributed by atoms with Crippen molar-refractivity contribution < 1.29 is 14.0 Å². The molecule has 0 radical (unpaired) electrons. The van der Waals surface area contributed by atoms with E-state index in [0.29, 0.717) is 17.7 Å². The van der Waals surface area contributed by atoms with Crippen LogP contribution in [0.15, 0.2) is 82.8 Å². The molecule has 2 aromatic heterocycles. The zero-order valence-electron chi connectivity index (χ0n) is 18.4. The van der Waals surface area contributed by atoms with Gasteiger partial charge in [0.15, 0.2) is 17.1 Å². The first-order valence-electron chi connectivity index (χ1n) is 11.1. The van der Waals surface area contributed by atoms with Crippen LogP contribution in [0.3, 0.4) is 0 Å². The Kier molecular flexibility index (Phi) is 4.27. The van der Waals surface area contributed by atoms with Gasteiger partial charge in [-0.25, -0.2) is 0 Å². The lowest BCUT2D eigenvalue weighted by Gasteiger charge is -2.05. The third-order valence-corrected chi connectivity index (χ3v) is 6.44. The van der Waals surface area contributed by atoms with Gasteiger partial charge in [-0.2, -0.15) is 0 Å². The number of aromatic nitrogens is 1. The molecule has 3 aromatic carbocycles. The molecule has 0 atom stereocenters. The minimum Gasteiger partial charge on any atom is -0.454 e. The van der Waals surface area contributed by atoms with Crippen molar-refractivity contribution in [2.75, 3.05) is 0 Å². The summed E-state index contributed by atoms with van der Waals surface area (Å²) in [5.74, 6) is 0.372. The molecule has 5 aromatic rings. The number of aryl methyl sites for hydroxylation is 1. The van der Waals surface area contributed by atoms with Crippen LogP contribution in [0.25, 0.3) is 39.3 Å². The minimum atomic E-state index is -0.216. The fourth-order valence-corrected chi connectivity index (χ4v) is 4.82. The second-order valence-electron chi connectivity index (χ2n) is 8.47. The molecule has 0 aliphatic heterocycles. The summed E-state index contributed by atoms with van der Waals surface area (Å²) in [4.78, 5) is 25.9. The molecule has 0 bridgehead atoms. The first-order valence-corrected chi connectivity index (χ1v) is 11.1. The van der Waals surface area contributed by atoms with Gasteiger partial charge in [0.25, 0.3) is 0 Å². The standard InChI is InChI=1S/C28H20BNO3/c1-2-30-18(13-23-27(31)21-11-10-17(29)12-22(21)28(23)32)14-26-24(30)15-25(33-26)20-9-5-7-16-6-3-4-8-19(16)20/h3-15H,2,29H2,1H3/b23-13-. The number of hydrogen-bond acceptors (Lipinski definition) is 3. The molecule has 158 valence electrons. The quantitative estimate of drug-likeness (QED) is 0.235. The minimum absolute atomic E-state index is 0.208. The normalized spacial score (nSPS) is 14.6. The van der Waals surface area contributed by atoms with Crippen LogP contribution in [0.2, 0.25) is 0 Å². The number of hydrogen-bond donors (Lipinski definition) is 0. The fourth-order valence-electron chi connectivity index (χ4n) is 4.82. The molecule has 1 aliphatic rings. The van der Waals surface area contributed by atoms with Crippen molar-refractivity contribution in [2.45, 2.75) is 13.5 Å². The largest absolute Gasteiger partial charge is 0.454 e. The van der Waals surface area contributed by atoms with Crippen LogP contribution in [-0.4, -0.2) is 24.0 Å². The Morgan fingerprint density at radius 3 is 2.52 bits per heavy atom. The van der Waals surface area contributed by atoms with E-state index in [1.165, 1.54) is 0 Å². The smallest absolute Gasteiger partial charge is 0.197 e. The Morgan fingerprint density at radius 2 is 1.67 bits per heavy atom. The van der Waals surface area contributed by atoms with Crippen molar-refractivity contribution in [3.05, 3.63) is 95.2 Å². The van der Waals surface area contributed by atoms with Crippen LogP contribution < -0.4 is 5.46 Å². The summed E-state index contributed by atoms with van der Waals surface area (Å²) in [6.07, 6.45) is 1.70. The van der Waals surface area contributed by atoms with Gasteiger partial charge in [0, 0.05) is 41.1 Å². The predicted octanol–water partition coefficient (Wildman–Crippen LogP) is 4.80. The van der Waals surface area contributed by atoms with Crippen LogP contribution in [-0.2, 0) is 6.54 Å². The summed E-state index contributed by atoms with van der Waals surface area (Å²) in [5.41, 5.74) is 5.65. The maximum Gasteiger partial charge on any atom is 0.197 e. The number of furan rings is 1. The maximum absolute atomic E-state index is 13.0. The van der Waals surface area contributed by atoms with Crippen molar-refractivity contribution in [3.8, 4) is 11.3 Å². The molecule has 0 fully saturated rings. The van der Waals surface area contributed by atoms with E-state index in [1.54, 1.807) is 18.2 Å². The summed E-state index contributed by atoms with van der Waals surface area (Å²) in [6.45, 7) is 2.73. The highest BCUT2D eigenvalue weighted by atomic mass is 16.3. The van der Waals surface area contributed by atoms with Crippen LogP contribution in [0.4, 0.5) is 0 Å². The summed E-state index contributed by atoms with van der Waals surface area (Å²) >= 11 is 0. The number of fused-ring (bicyclic) bond motifs is 3. The summed E-state index contributed by atoms with van der Waals surface area (Å²) < 4.78 is 8.34. The molecule has 0 unspecified atom stereocenters. The van der Waals surface area contributed by atoms with E-state index in [0.717, 1.165) is 44.4 Å². The van der Waals surface area contributed by atoms with Crippen molar-refractivity contribution >= 4 is 52.8 Å². The molecule has 0 N–H and O–H groups in total. The number of nitrogens with zero attached hydrogens (tertiary/aromatic N) is 1. The van der Waals surface area contributed by atoms with Gasteiger partial charge in [-0.1, -0.05) is 66.1 Å². The number of ketones is 2. The second kappa shape index (κ2) is 7.21. The fraction of sp³-hybridized carbons (Fsp3) is 0.0714. The summed E-state index contributed by atoms with van der Waals surface area (Å²) in [5, 5.41) is 2.30. The van der Waals surface area contributed by atoms with E-state index in [-0.39, 0.29) is 17.1 Å². The number of carbonyl (C=O) groups excluding carboxylic acids is 2. The first-order chi connectivity index (χ1) is 16.0. The van der Waals surface area contributed by atoms with E-state index < -0.39 is 0 Å². The number of carbonyl (C=O) groups is 2. The van der Waals surface area contributed by atoms with Gasteiger partial charge in [0.05, 0.1) is 11.1 Å². The topological polar surface area (TPSA) is 52.2 Å². The van der Waals surface area contributed by atoms with Crippen LogP contribution >= 0.6 is 0 Å². The predicted molar refractivity (Wildman–Crippen MR) is 134 cm³/mol. The van der Waals surface area contributed by atoms with Gasteiger partial charge in [0.2, 0.25) is 0 Å². The Hall–Kier alpha value is -4.12. The van der Waals surface area contributed by atoms with Crippen molar-refractivity contribution in [1.29, 1.82) is 0 Å². The van der Waals surface area contributed by atoms with Gasteiger partial charge in [-0.15, -0.1) is 0 Å². The first kappa shape index (κ1) is 19.6. The van der Waals surface area contributed by atoms with E-state index >= 15 is 0 Å². The zero-order chi connectivity index (χ0) is 22.7. The van der Waals surface area contributed by atoms with Gasteiger partial charge in [-0.05, 0) is 23.8 Å². The Morgan fingerprint density at radius 1 is 0.879 bits per heavy atom. The van der Waals surface area contributed by atoms with E-state index in [2.05, 4.69) is 28.8 Å².